The number of aryl methyl sites for hydroxylation is 1. The molecule has 7 heteroatoms. The Morgan fingerprint density at radius 2 is 2.00 bits per heavy atom. The molecule has 0 saturated heterocycles. The van der Waals surface area contributed by atoms with Gasteiger partial charge in [0.25, 0.3) is 11.6 Å². The lowest BCUT2D eigenvalue weighted by molar-refractivity contribution is -0.384. The van der Waals surface area contributed by atoms with Gasteiger partial charge in [-0.1, -0.05) is 11.6 Å². The smallest absolute Gasteiger partial charge is 0.269 e. The van der Waals surface area contributed by atoms with Crippen LogP contribution >= 0.6 is 11.6 Å². The lowest BCUT2D eigenvalue weighted by atomic mass is 10.1. The number of hydrogen-bond donors (Lipinski definition) is 2. The van der Waals surface area contributed by atoms with Crippen LogP contribution in [0, 0.1) is 17.0 Å². The van der Waals surface area contributed by atoms with Gasteiger partial charge < -0.3 is 10.4 Å². The van der Waals surface area contributed by atoms with Crippen molar-refractivity contribution in [3.8, 4) is 5.75 Å². The number of carbonyl (C=O) groups excluding carboxylic acids is 1. The Morgan fingerprint density at radius 1 is 1.29 bits per heavy atom. The Hall–Kier alpha value is -2.60. The Balaban J connectivity index is 2.24. The van der Waals surface area contributed by atoms with Crippen LogP contribution in [0.2, 0.25) is 5.02 Å². The number of non-ortho nitro benzene ring substituents is 1. The van der Waals surface area contributed by atoms with Crippen molar-refractivity contribution >= 4 is 28.9 Å². The summed E-state index contributed by atoms with van der Waals surface area (Å²) in [7, 11) is 0. The van der Waals surface area contributed by atoms with E-state index in [1.807, 2.05) is 0 Å². The van der Waals surface area contributed by atoms with Gasteiger partial charge in [-0.2, -0.15) is 0 Å². The van der Waals surface area contributed by atoms with Crippen molar-refractivity contribution < 1.29 is 14.8 Å². The average molecular weight is 307 g/mol. The predicted octanol–water partition coefficient (Wildman–Crippen LogP) is 3.51. The second-order valence-corrected chi connectivity index (χ2v) is 4.78. The Bertz CT molecular complexity index is 731. The molecule has 0 aliphatic heterocycles. The van der Waals surface area contributed by atoms with Crippen LogP contribution in [-0.2, 0) is 0 Å². The van der Waals surface area contributed by atoms with Crippen molar-refractivity contribution in [3.63, 3.8) is 0 Å². The van der Waals surface area contributed by atoms with E-state index in [2.05, 4.69) is 5.32 Å². The van der Waals surface area contributed by atoms with Crippen LogP contribution in [0.3, 0.4) is 0 Å². The quantitative estimate of drug-likeness (QED) is 0.515. The van der Waals surface area contributed by atoms with E-state index in [9.17, 15) is 20.0 Å². The number of hydrogen-bond acceptors (Lipinski definition) is 4. The zero-order valence-corrected chi connectivity index (χ0v) is 11.7. The molecule has 1 amide bonds. The van der Waals surface area contributed by atoms with E-state index in [-0.39, 0.29) is 16.5 Å². The van der Waals surface area contributed by atoms with Gasteiger partial charge >= 0.3 is 0 Å². The first-order valence-electron chi connectivity index (χ1n) is 5.93. The van der Waals surface area contributed by atoms with E-state index in [4.69, 9.17) is 11.6 Å². The molecular formula is C14H11ClN2O4. The highest BCUT2D eigenvalue weighted by Crippen LogP contribution is 2.26. The van der Waals surface area contributed by atoms with Gasteiger partial charge in [0.15, 0.2) is 0 Å². The van der Waals surface area contributed by atoms with Crippen molar-refractivity contribution in [2.75, 3.05) is 5.32 Å². The van der Waals surface area contributed by atoms with Crippen molar-refractivity contribution in [1.82, 2.24) is 0 Å². The third-order valence-corrected chi connectivity index (χ3v) is 3.17. The lowest BCUT2D eigenvalue weighted by Crippen LogP contribution is -2.13. The zero-order chi connectivity index (χ0) is 15.6. The molecule has 0 aliphatic carbocycles. The van der Waals surface area contributed by atoms with E-state index in [1.54, 1.807) is 6.92 Å². The molecule has 2 aromatic carbocycles. The average Bonchev–Trinajstić information content (AvgIpc) is 2.42. The lowest BCUT2D eigenvalue weighted by Gasteiger charge is -2.08. The molecule has 0 unspecified atom stereocenters. The minimum atomic E-state index is -0.519. The van der Waals surface area contributed by atoms with Gasteiger partial charge in [-0.25, -0.2) is 0 Å². The zero-order valence-electron chi connectivity index (χ0n) is 11.0. The SMILES string of the molecule is Cc1cc([N+](=O)[O-])ccc1C(=O)Nc1ccc(O)c(Cl)c1. The number of nitro groups is 1. The highest BCUT2D eigenvalue weighted by Gasteiger charge is 2.14. The van der Waals surface area contributed by atoms with Crippen molar-refractivity contribution in [2.24, 2.45) is 0 Å². The highest BCUT2D eigenvalue weighted by atomic mass is 35.5. The molecular weight excluding hydrogens is 296 g/mol. The molecule has 21 heavy (non-hydrogen) atoms. The third kappa shape index (κ3) is 3.29. The summed E-state index contributed by atoms with van der Waals surface area (Å²) in [6, 6.07) is 8.27. The van der Waals surface area contributed by atoms with Crippen LogP contribution in [0.4, 0.5) is 11.4 Å². The molecule has 0 spiro atoms. The third-order valence-electron chi connectivity index (χ3n) is 2.87. The van der Waals surface area contributed by atoms with Crippen LogP contribution in [0.25, 0.3) is 0 Å². The van der Waals surface area contributed by atoms with Gasteiger partial charge in [-0.3, -0.25) is 14.9 Å². The van der Waals surface area contributed by atoms with Crippen LogP contribution in [0.15, 0.2) is 36.4 Å². The fourth-order valence-electron chi connectivity index (χ4n) is 1.80. The molecule has 0 heterocycles. The number of nitrogens with zero attached hydrogens (tertiary/aromatic N) is 1. The van der Waals surface area contributed by atoms with Gasteiger partial charge in [0, 0.05) is 23.4 Å². The molecule has 0 bridgehead atoms. The van der Waals surface area contributed by atoms with Crippen LogP contribution in [-0.4, -0.2) is 15.9 Å². The second kappa shape index (κ2) is 5.80. The van der Waals surface area contributed by atoms with Gasteiger partial charge in [0.1, 0.15) is 5.75 Å². The highest BCUT2D eigenvalue weighted by molar-refractivity contribution is 6.32. The van der Waals surface area contributed by atoms with Crippen LogP contribution in [0.1, 0.15) is 15.9 Å². The van der Waals surface area contributed by atoms with E-state index in [0.717, 1.165) is 0 Å². The van der Waals surface area contributed by atoms with Gasteiger partial charge in [-0.05, 0) is 36.8 Å². The van der Waals surface area contributed by atoms with E-state index < -0.39 is 10.8 Å². The molecule has 0 aromatic heterocycles. The van der Waals surface area contributed by atoms with Crippen molar-refractivity contribution in [3.05, 3.63) is 62.7 Å². The Morgan fingerprint density at radius 3 is 2.57 bits per heavy atom. The second-order valence-electron chi connectivity index (χ2n) is 4.38. The number of rotatable bonds is 3. The topological polar surface area (TPSA) is 92.5 Å². The molecule has 2 rings (SSSR count). The number of benzene rings is 2. The summed E-state index contributed by atoms with van der Waals surface area (Å²) in [4.78, 5) is 22.3. The summed E-state index contributed by atoms with van der Waals surface area (Å²) in [5, 5.41) is 22.7. The van der Waals surface area contributed by atoms with Crippen LogP contribution in [0.5, 0.6) is 5.75 Å². The minimum Gasteiger partial charge on any atom is -0.506 e. The van der Waals surface area contributed by atoms with Crippen LogP contribution < -0.4 is 5.32 Å². The summed E-state index contributed by atoms with van der Waals surface area (Å²) >= 11 is 5.75. The number of carbonyl (C=O) groups is 1. The Kier molecular flexibility index (Phi) is 4.09. The normalized spacial score (nSPS) is 10.2. The standard InChI is InChI=1S/C14H11ClN2O4/c1-8-6-10(17(20)21)3-4-11(8)14(19)16-9-2-5-13(18)12(15)7-9/h2-7,18H,1H3,(H,16,19). The predicted molar refractivity (Wildman–Crippen MR) is 78.9 cm³/mol. The molecule has 2 aromatic rings. The van der Waals surface area contributed by atoms with E-state index >= 15 is 0 Å². The van der Waals surface area contributed by atoms with Crippen molar-refractivity contribution in [1.29, 1.82) is 0 Å². The fraction of sp³-hybridized carbons (Fsp3) is 0.0714. The Labute approximate surface area is 125 Å². The molecule has 0 fully saturated rings. The summed E-state index contributed by atoms with van der Waals surface area (Å²) < 4.78 is 0. The number of phenolic OH excluding ortho intramolecular Hbond substituents is 1. The molecule has 0 radical (unpaired) electrons. The molecule has 108 valence electrons. The number of amides is 1. The molecule has 6 nitrogen and oxygen atoms in total. The van der Waals surface area contributed by atoms with Gasteiger partial charge in [0.05, 0.1) is 9.95 Å². The van der Waals surface area contributed by atoms with Gasteiger partial charge in [-0.15, -0.1) is 0 Å². The first kappa shape index (κ1) is 14.8. The van der Waals surface area contributed by atoms with Crippen molar-refractivity contribution in [2.45, 2.75) is 6.92 Å². The van der Waals surface area contributed by atoms with Gasteiger partial charge in [0.2, 0.25) is 0 Å². The monoisotopic (exact) mass is 306 g/mol. The number of phenols is 1. The molecule has 0 atom stereocenters. The maximum Gasteiger partial charge on any atom is 0.269 e. The molecule has 2 N–H and O–H groups in total. The summed E-state index contributed by atoms with van der Waals surface area (Å²) in [5.41, 5.74) is 1.16. The summed E-state index contributed by atoms with van der Waals surface area (Å²) in [5.74, 6) is -0.495. The number of nitrogens with one attached hydrogen (secondary N) is 1. The molecule has 0 aliphatic rings. The maximum atomic E-state index is 12.1. The largest absolute Gasteiger partial charge is 0.506 e. The number of nitro benzene ring substituents is 1. The number of aromatic hydroxyl groups is 1. The maximum absolute atomic E-state index is 12.1. The minimum absolute atomic E-state index is 0.0725. The van der Waals surface area contributed by atoms with E-state index in [1.165, 1.54) is 36.4 Å². The fourth-order valence-corrected chi connectivity index (χ4v) is 1.98. The molecule has 0 saturated carbocycles. The number of halogens is 1. The summed E-state index contributed by atoms with van der Waals surface area (Å²) in [6.07, 6.45) is 0. The summed E-state index contributed by atoms with van der Waals surface area (Å²) in [6.45, 7) is 1.62. The first-order chi connectivity index (χ1) is 9.88. The van der Waals surface area contributed by atoms with E-state index in [0.29, 0.717) is 16.8 Å². The first-order valence-corrected chi connectivity index (χ1v) is 6.31. The number of anilines is 1.